The third kappa shape index (κ3) is 3.19. The van der Waals surface area contributed by atoms with Gasteiger partial charge in [0.15, 0.2) is 5.54 Å². The Morgan fingerprint density at radius 2 is 2.14 bits per heavy atom. The van der Waals surface area contributed by atoms with Crippen LogP contribution in [0.2, 0.25) is 0 Å². The predicted molar refractivity (Wildman–Crippen MR) is 79.4 cm³/mol. The van der Waals surface area contributed by atoms with E-state index in [2.05, 4.69) is 20.3 Å². The SMILES string of the molecule is Cc1nscc1[C@]1(CNC(=O)OC(C)(C)C)NC(=O)NC1=O. The summed E-state index contributed by atoms with van der Waals surface area (Å²) >= 11 is 1.17. The molecule has 0 aromatic carbocycles. The average molecular weight is 326 g/mol. The van der Waals surface area contributed by atoms with Crippen molar-refractivity contribution in [1.29, 1.82) is 0 Å². The Kier molecular flexibility index (Phi) is 4.10. The molecule has 4 amide bonds. The molecule has 120 valence electrons. The van der Waals surface area contributed by atoms with Crippen molar-refractivity contribution >= 4 is 29.6 Å². The van der Waals surface area contributed by atoms with Crippen molar-refractivity contribution in [1.82, 2.24) is 20.3 Å². The van der Waals surface area contributed by atoms with Crippen molar-refractivity contribution in [3.63, 3.8) is 0 Å². The molecule has 0 bridgehead atoms. The van der Waals surface area contributed by atoms with Crippen LogP contribution in [0, 0.1) is 6.92 Å². The Morgan fingerprint density at radius 1 is 1.45 bits per heavy atom. The van der Waals surface area contributed by atoms with Gasteiger partial charge >= 0.3 is 12.1 Å². The molecule has 9 heteroatoms. The molecular formula is C13H18N4O4S. The van der Waals surface area contributed by atoms with E-state index < -0.39 is 29.2 Å². The number of aryl methyl sites for hydroxylation is 1. The summed E-state index contributed by atoms with van der Waals surface area (Å²) in [6, 6.07) is -0.610. The molecule has 0 spiro atoms. The summed E-state index contributed by atoms with van der Waals surface area (Å²) in [7, 11) is 0. The number of alkyl carbamates (subject to hydrolysis) is 1. The zero-order chi connectivity index (χ0) is 16.5. The lowest BCUT2D eigenvalue weighted by Crippen LogP contribution is -2.53. The molecule has 1 atom stereocenters. The molecule has 2 heterocycles. The summed E-state index contributed by atoms with van der Waals surface area (Å²) in [6.07, 6.45) is -0.665. The number of hydrogen-bond acceptors (Lipinski definition) is 6. The van der Waals surface area contributed by atoms with E-state index in [0.717, 1.165) is 0 Å². The number of nitrogens with one attached hydrogen (secondary N) is 3. The number of urea groups is 1. The van der Waals surface area contributed by atoms with E-state index in [9.17, 15) is 14.4 Å². The Labute approximate surface area is 131 Å². The molecule has 0 radical (unpaired) electrons. The fourth-order valence-corrected chi connectivity index (χ4v) is 2.91. The summed E-state index contributed by atoms with van der Waals surface area (Å²) in [5, 5.41) is 8.97. The second-order valence-electron chi connectivity index (χ2n) is 5.98. The maximum Gasteiger partial charge on any atom is 0.407 e. The van der Waals surface area contributed by atoms with Crippen molar-refractivity contribution in [3.05, 3.63) is 16.6 Å². The van der Waals surface area contributed by atoms with Gasteiger partial charge in [-0.25, -0.2) is 9.59 Å². The Bertz CT molecular complexity index is 622. The van der Waals surface area contributed by atoms with Crippen LogP contribution in [0.4, 0.5) is 9.59 Å². The largest absolute Gasteiger partial charge is 0.444 e. The molecule has 0 aliphatic carbocycles. The highest BCUT2D eigenvalue weighted by atomic mass is 32.1. The first-order chi connectivity index (χ1) is 10.1. The fourth-order valence-electron chi connectivity index (χ4n) is 2.12. The summed E-state index contributed by atoms with van der Waals surface area (Å²) in [5.74, 6) is -0.531. The number of imide groups is 1. The lowest BCUT2D eigenvalue weighted by atomic mass is 9.90. The molecule has 0 saturated carbocycles. The van der Waals surface area contributed by atoms with Crippen molar-refractivity contribution in [2.75, 3.05) is 6.54 Å². The summed E-state index contributed by atoms with van der Waals surface area (Å²) in [4.78, 5) is 35.6. The normalized spacial score (nSPS) is 21.3. The van der Waals surface area contributed by atoms with Crippen molar-refractivity contribution in [3.8, 4) is 0 Å². The molecule has 1 aliphatic rings. The van der Waals surface area contributed by atoms with Crippen LogP contribution in [0.15, 0.2) is 5.38 Å². The van der Waals surface area contributed by atoms with Crippen LogP contribution in [0.1, 0.15) is 32.0 Å². The number of ether oxygens (including phenoxy) is 1. The van der Waals surface area contributed by atoms with E-state index in [4.69, 9.17) is 4.74 Å². The minimum absolute atomic E-state index is 0.126. The first-order valence-corrected chi connectivity index (χ1v) is 7.49. The maximum absolute atomic E-state index is 12.2. The zero-order valence-electron chi connectivity index (χ0n) is 12.8. The highest BCUT2D eigenvalue weighted by Gasteiger charge is 2.49. The second kappa shape index (κ2) is 5.56. The average Bonchev–Trinajstić information content (AvgIpc) is 2.89. The van der Waals surface area contributed by atoms with Gasteiger partial charge in [-0.15, -0.1) is 0 Å². The van der Waals surface area contributed by atoms with E-state index in [1.807, 2.05) is 0 Å². The zero-order valence-corrected chi connectivity index (χ0v) is 13.6. The number of aromatic nitrogens is 1. The monoisotopic (exact) mass is 326 g/mol. The minimum atomic E-state index is -1.37. The van der Waals surface area contributed by atoms with Crippen LogP contribution in [0.25, 0.3) is 0 Å². The Balaban J connectivity index is 2.21. The molecule has 1 saturated heterocycles. The molecule has 1 aromatic heterocycles. The number of carbonyl (C=O) groups excluding carboxylic acids is 3. The van der Waals surface area contributed by atoms with E-state index in [1.54, 1.807) is 33.1 Å². The Hall–Kier alpha value is -2.16. The third-order valence-electron chi connectivity index (χ3n) is 3.05. The van der Waals surface area contributed by atoms with Crippen LogP contribution in [0.3, 0.4) is 0 Å². The van der Waals surface area contributed by atoms with E-state index in [0.29, 0.717) is 11.3 Å². The van der Waals surface area contributed by atoms with Crippen molar-refractivity contribution in [2.45, 2.75) is 38.8 Å². The van der Waals surface area contributed by atoms with Gasteiger partial charge in [0, 0.05) is 10.9 Å². The number of hydrogen-bond donors (Lipinski definition) is 3. The molecule has 22 heavy (non-hydrogen) atoms. The van der Waals surface area contributed by atoms with Gasteiger partial charge in [0.2, 0.25) is 0 Å². The van der Waals surface area contributed by atoms with Crippen LogP contribution >= 0.6 is 11.5 Å². The molecule has 3 N–H and O–H groups in total. The molecule has 1 aromatic rings. The summed E-state index contributed by atoms with van der Waals surface area (Å²) in [5.41, 5.74) is -0.853. The van der Waals surface area contributed by atoms with Gasteiger partial charge in [0.25, 0.3) is 5.91 Å². The highest BCUT2D eigenvalue weighted by Crippen LogP contribution is 2.28. The molecular weight excluding hydrogens is 308 g/mol. The van der Waals surface area contributed by atoms with Gasteiger partial charge in [0.05, 0.1) is 12.2 Å². The lowest BCUT2D eigenvalue weighted by Gasteiger charge is -2.27. The van der Waals surface area contributed by atoms with Gasteiger partial charge < -0.3 is 15.4 Å². The minimum Gasteiger partial charge on any atom is -0.444 e. The van der Waals surface area contributed by atoms with Crippen LogP contribution in [-0.2, 0) is 15.1 Å². The molecule has 1 aliphatic heterocycles. The van der Waals surface area contributed by atoms with Gasteiger partial charge in [-0.05, 0) is 39.2 Å². The molecule has 1 fully saturated rings. The number of rotatable bonds is 3. The number of carbonyl (C=O) groups is 3. The fraction of sp³-hybridized carbons (Fsp3) is 0.538. The van der Waals surface area contributed by atoms with E-state index in [1.165, 1.54) is 11.5 Å². The second-order valence-corrected chi connectivity index (χ2v) is 6.61. The van der Waals surface area contributed by atoms with Gasteiger partial charge in [-0.2, -0.15) is 4.37 Å². The van der Waals surface area contributed by atoms with Crippen molar-refractivity contribution < 1.29 is 19.1 Å². The summed E-state index contributed by atoms with van der Waals surface area (Å²) < 4.78 is 9.26. The molecule has 8 nitrogen and oxygen atoms in total. The predicted octanol–water partition coefficient (Wildman–Crippen LogP) is 1.01. The number of amides is 4. The number of nitrogens with zero attached hydrogens (tertiary/aromatic N) is 1. The standard InChI is InChI=1S/C13H18N4O4S/c1-7-8(5-22-17-7)13(9(18)15-10(19)16-13)6-14-11(20)21-12(2,3)4/h5H,6H2,1-4H3,(H,14,20)(H2,15,16,18,19)/t13-/m0/s1. The van der Waals surface area contributed by atoms with Crippen molar-refractivity contribution in [2.24, 2.45) is 0 Å². The van der Waals surface area contributed by atoms with Gasteiger partial charge in [0.1, 0.15) is 5.60 Å². The van der Waals surface area contributed by atoms with Gasteiger partial charge in [-0.3, -0.25) is 10.1 Å². The Morgan fingerprint density at radius 3 is 2.59 bits per heavy atom. The molecule has 2 rings (SSSR count). The van der Waals surface area contributed by atoms with E-state index >= 15 is 0 Å². The quantitative estimate of drug-likeness (QED) is 0.718. The molecule has 0 unspecified atom stereocenters. The van der Waals surface area contributed by atoms with Crippen LogP contribution < -0.4 is 16.0 Å². The lowest BCUT2D eigenvalue weighted by molar-refractivity contribution is -0.124. The summed E-state index contributed by atoms with van der Waals surface area (Å²) in [6.45, 7) is 6.82. The smallest absolute Gasteiger partial charge is 0.407 e. The first-order valence-electron chi connectivity index (χ1n) is 6.66. The van der Waals surface area contributed by atoms with Crippen LogP contribution in [-0.4, -0.2) is 34.6 Å². The van der Waals surface area contributed by atoms with Crippen LogP contribution in [0.5, 0.6) is 0 Å². The maximum atomic E-state index is 12.2. The van der Waals surface area contributed by atoms with E-state index in [-0.39, 0.29) is 6.54 Å². The topological polar surface area (TPSA) is 109 Å². The highest BCUT2D eigenvalue weighted by molar-refractivity contribution is 7.03. The van der Waals surface area contributed by atoms with Gasteiger partial charge in [-0.1, -0.05) is 0 Å². The first kappa shape index (κ1) is 16.2. The third-order valence-corrected chi connectivity index (χ3v) is 3.77.